The maximum absolute atomic E-state index is 11.2. The minimum atomic E-state index is -1.24. The molecule has 3 atom stereocenters. The highest BCUT2D eigenvalue weighted by atomic mass is 16.3. The molecule has 1 aromatic rings. The summed E-state index contributed by atoms with van der Waals surface area (Å²) in [7, 11) is 0. The molecule has 4 aliphatic heterocycles. The zero-order valence-electron chi connectivity index (χ0n) is 11.5. The Bertz CT molecular complexity index is 551. The predicted molar refractivity (Wildman–Crippen MR) is 75.1 cm³/mol. The summed E-state index contributed by atoms with van der Waals surface area (Å²) >= 11 is 0. The van der Waals surface area contributed by atoms with Gasteiger partial charge in [-0.1, -0.05) is 30.3 Å². The van der Waals surface area contributed by atoms with Crippen LogP contribution in [0.4, 0.5) is 0 Å². The van der Waals surface area contributed by atoms with Gasteiger partial charge in [0.2, 0.25) is 0 Å². The Hall–Kier alpha value is -1.41. The number of aliphatic hydroxyl groups is 1. The molecule has 1 aromatic carbocycles. The second-order valence-electron chi connectivity index (χ2n) is 6.49. The van der Waals surface area contributed by atoms with Crippen molar-refractivity contribution in [1.82, 2.24) is 9.80 Å². The zero-order chi connectivity index (χ0) is 13.8. The Morgan fingerprint density at radius 2 is 1.70 bits per heavy atom. The molecule has 4 fully saturated rings. The van der Waals surface area contributed by atoms with Gasteiger partial charge in [-0.15, -0.1) is 0 Å². The number of piperidine rings is 2. The van der Waals surface area contributed by atoms with Crippen LogP contribution >= 0.6 is 0 Å². The van der Waals surface area contributed by atoms with E-state index in [0.29, 0.717) is 0 Å². The average molecular weight is 269 g/mol. The molecule has 4 heteroatoms. The summed E-state index contributed by atoms with van der Waals surface area (Å²) in [4.78, 5) is 4.85. The van der Waals surface area contributed by atoms with E-state index in [1.54, 1.807) is 0 Å². The largest absolute Gasteiger partial charge is 0.374 e. The first-order chi connectivity index (χ1) is 9.68. The molecule has 0 aliphatic carbocycles. The van der Waals surface area contributed by atoms with Crippen molar-refractivity contribution in [2.24, 2.45) is 5.92 Å². The van der Waals surface area contributed by atoms with E-state index in [0.717, 1.165) is 44.8 Å². The summed E-state index contributed by atoms with van der Waals surface area (Å²) in [6, 6.07) is 12.4. The first kappa shape index (κ1) is 12.3. The number of hydrogen-bond acceptors (Lipinski definition) is 4. The fourth-order valence-corrected chi connectivity index (χ4v) is 4.50. The molecule has 1 N–H and O–H groups in total. The molecular formula is C16H19N3O. The summed E-state index contributed by atoms with van der Waals surface area (Å²) < 4.78 is 0. The van der Waals surface area contributed by atoms with Crippen LogP contribution in [0.1, 0.15) is 5.56 Å². The number of fused-ring (bicyclic) bond motifs is 1. The molecule has 0 radical (unpaired) electrons. The van der Waals surface area contributed by atoms with Crippen molar-refractivity contribution in [2.45, 2.75) is 11.0 Å². The van der Waals surface area contributed by atoms with Gasteiger partial charge in [0, 0.05) is 45.2 Å². The van der Waals surface area contributed by atoms with E-state index in [-0.39, 0.29) is 5.92 Å². The van der Waals surface area contributed by atoms with Gasteiger partial charge < -0.3 is 14.9 Å². The third-order valence-electron chi connectivity index (χ3n) is 5.49. The molecule has 4 nitrogen and oxygen atoms in total. The molecular weight excluding hydrogens is 250 g/mol. The molecule has 4 aliphatic rings. The summed E-state index contributed by atoms with van der Waals surface area (Å²) in [5.41, 5.74) is -0.614. The van der Waals surface area contributed by atoms with Gasteiger partial charge in [-0.2, -0.15) is 5.26 Å². The molecule has 0 amide bonds. The first-order valence-electron chi connectivity index (χ1n) is 7.32. The van der Waals surface area contributed by atoms with Crippen molar-refractivity contribution in [3.63, 3.8) is 0 Å². The third-order valence-corrected chi connectivity index (χ3v) is 5.49. The van der Waals surface area contributed by atoms with E-state index < -0.39 is 11.0 Å². The number of nitriles is 1. The van der Waals surface area contributed by atoms with Crippen LogP contribution in [0.3, 0.4) is 0 Å². The van der Waals surface area contributed by atoms with Crippen molar-refractivity contribution in [3.05, 3.63) is 35.9 Å². The quantitative estimate of drug-likeness (QED) is 0.752. The minimum absolute atomic E-state index is 0.0257. The smallest absolute Gasteiger partial charge is 0.168 e. The van der Waals surface area contributed by atoms with Crippen LogP contribution in [0, 0.1) is 17.2 Å². The molecule has 5 rings (SSSR count). The summed E-state index contributed by atoms with van der Waals surface area (Å²) in [5, 5.41) is 21.0. The van der Waals surface area contributed by atoms with Gasteiger partial charge in [0.15, 0.2) is 5.60 Å². The second-order valence-corrected chi connectivity index (χ2v) is 6.49. The van der Waals surface area contributed by atoms with Gasteiger partial charge in [-0.05, 0) is 5.56 Å². The van der Waals surface area contributed by atoms with Crippen molar-refractivity contribution >= 4 is 0 Å². The van der Waals surface area contributed by atoms with Crippen molar-refractivity contribution in [1.29, 1.82) is 5.26 Å². The minimum Gasteiger partial charge on any atom is -0.374 e. The Morgan fingerprint density at radius 3 is 2.25 bits per heavy atom. The monoisotopic (exact) mass is 269 g/mol. The standard InChI is InChI=1S/C16H19N3O/c17-10-16(20)14-8-18-6-7-19(9-14)12-15(16,11-18)13-4-2-1-3-5-13/h1-5,14,20H,6-9,11-12H2. The normalized spacial score (nSPS) is 45.9. The Morgan fingerprint density at radius 1 is 1.10 bits per heavy atom. The van der Waals surface area contributed by atoms with Crippen LogP contribution in [0.5, 0.6) is 0 Å². The van der Waals surface area contributed by atoms with E-state index in [2.05, 4.69) is 28.0 Å². The van der Waals surface area contributed by atoms with Gasteiger partial charge in [0.05, 0.1) is 11.5 Å². The van der Waals surface area contributed by atoms with Crippen LogP contribution in [-0.2, 0) is 5.41 Å². The Balaban J connectivity index is 1.92. The first-order valence-corrected chi connectivity index (χ1v) is 7.32. The lowest BCUT2D eigenvalue weighted by Crippen LogP contribution is -2.72. The molecule has 4 heterocycles. The molecule has 4 bridgehead atoms. The summed E-state index contributed by atoms with van der Waals surface area (Å²) in [6.07, 6.45) is 0. The summed E-state index contributed by atoms with van der Waals surface area (Å²) in [5.74, 6) is 0.0257. The molecule has 0 saturated carbocycles. The average Bonchev–Trinajstić information content (AvgIpc) is 2.74. The van der Waals surface area contributed by atoms with E-state index in [1.807, 2.05) is 18.2 Å². The van der Waals surface area contributed by atoms with E-state index in [1.165, 1.54) is 0 Å². The Labute approximate surface area is 119 Å². The maximum Gasteiger partial charge on any atom is 0.168 e. The van der Waals surface area contributed by atoms with Crippen LogP contribution in [0.15, 0.2) is 30.3 Å². The SMILES string of the molecule is N#CC1(O)C2CN3CCN(C2)CC1(c1ccccc1)C3. The van der Waals surface area contributed by atoms with Crippen molar-refractivity contribution in [2.75, 3.05) is 39.3 Å². The molecule has 3 unspecified atom stereocenters. The van der Waals surface area contributed by atoms with Gasteiger partial charge >= 0.3 is 0 Å². The van der Waals surface area contributed by atoms with E-state index in [9.17, 15) is 10.4 Å². The van der Waals surface area contributed by atoms with Crippen LogP contribution in [0.2, 0.25) is 0 Å². The Kier molecular flexibility index (Phi) is 2.50. The summed E-state index contributed by atoms with van der Waals surface area (Å²) in [6.45, 7) is 5.35. The van der Waals surface area contributed by atoms with Gasteiger partial charge in [-0.25, -0.2) is 0 Å². The molecule has 104 valence electrons. The number of benzene rings is 1. The molecule has 4 saturated heterocycles. The lowest BCUT2D eigenvalue weighted by molar-refractivity contribution is -0.124. The van der Waals surface area contributed by atoms with Crippen molar-refractivity contribution in [3.8, 4) is 6.07 Å². The second kappa shape index (κ2) is 4.05. The fourth-order valence-electron chi connectivity index (χ4n) is 4.50. The maximum atomic E-state index is 11.2. The van der Waals surface area contributed by atoms with Gasteiger partial charge in [0.1, 0.15) is 0 Å². The molecule has 20 heavy (non-hydrogen) atoms. The highest BCUT2D eigenvalue weighted by Gasteiger charge is 2.64. The van der Waals surface area contributed by atoms with Crippen LogP contribution in [-0.4, -0.2) is 59.8 Å². The lowest BCUT2D eigenvalue weighted by atomic mass is 9.58. The van der Waals surface area contributed by atoms with Gasteiger partial charge in [0.25, 0.3) is 0 Å². The predicted octanol–water partition coefficient (Wildman–Crippen LogP) is 0.440. The lowest BCUT2D eigenvalue weighted by Gasteiger charge is -2.57. The van der Waals surface area contributed by atoms with Crippen LogP contribution < -0.4 is 0 Å². The third kappa shape index (κ3) is 1.40. The number of hydrogen-bond donors (Lipinski definition) is 1. The highest BCUT2D eigenvalue weighted by Crippen LogP contribution is 2.49. The van der Waals surface area contributed by atoms with Gasteiger partial charge in [-0.3, -0.25) is 0 Å². The fraction of sp³-hybridized carbons (Fsp3) is 0.562. The van der Waals surface area contributed by atoms with E-state index in [4.69, 9.17) is 0 Å². The zero-order valence-corrected chi connectivity index (χ0v) is 11.5. The number of nitrogens with zero attached hydrogens (tertiary/aromatic N) is 3. The van der Waals surface area contributed by atoms with E-state index >= 15 is 0 Å². The highest BCUT2D eigenvalue weighted by molar-refractivity contribution is 5.39. The topological polar surface area (TPSA) is 50.5 Å². The molecule has 0 aromatic heterocycles. The van der Waals surface area contributed by atoms with Crippen molar-refractivity contribution < 1.29 is 5.11 Å². The molecule has 0 spiro atoms. The number of rotatable bonds is 1. The van der Waals surface area contributed by atoms with Crippen LogP contribution in [0.25, 0.3) is 0 Å².